The van der Waals surface area contributed by atoms with Crippen molar-refractivity contribution in [2.24, 2.45) is 0 Å². The van der Waals surface area contributed by atoms with E-state index in [2.05, 4.69) is 229 Å². The average molecular weight is 724 g/mol. The Morgan fingerprint density at radius 1 is 0.246 bits per heavy atom. The summed E-state index contributed by atoms with van der Waals surface area (Å²) in [6.45, 7) is 0. The van der Waals surface area contributed by atoms with Gasteiger partial charge in [-0.2, -0.15) is 0 Å². The lowest BCUT2D eigenvalue weighted by molar-refractivity contribution is 1.29. The van der Waals surface area contributed by atoms with Gasteiger partial charge in [-0.3, -0.25) is 0 Å². The van der Waals surface area contributed by atoms with Gasteiger partial charge in [-0.1, -0.05) is 194 Å². The number of anilines is 3. The zero-order valence-electron chi connectivity index (χ0n) is 31.3. The summed E-state index contributed by atoms with van der Waals surface area (Å²) in [6, 6.07) is 82.0. The van der Waals surface area contributed by atoms with E-state index < -0.39 is 0 Å². The quantitative estimate of drug-likeness (QED) is 0.154. The molecule has 0 heterocycles. The van der Waals surface area contributed by atoms with Gasteiger partial charge in [-0.05, 0) is 112 Å². The number of fused-ring (bicyclic) bond motifs is 8. The molecule has 0 aliphatic rings. The number of hydrogen-bond acceptors (Lipinski definition) is 1. The molecule has 0 unspecified atom stereocenters. The second-order valence-corrected chi connectivity index (χ2v) is 14.9. The molecular formula is C56H37N. The lowest BCUT2D eigenvalue weighted by atomic mass is 9.91. The third kappa shape index (κ3) is 5.72. The Hall–Kier alpha value is -7.48. The Morgan fingerprint density at radius 2 is 0.789 bits per heavy atom. The van der Waals surface area contributed by atoms with E-state index in [1.165, 1.54) is 87.2 Å². The zero-order valence-corrected chi connectivity index (χ0v) is 31.3. The molecule has 266 valence electrons. The Balaban J connectivity index is 1.02. The molecule has 0 aliphatic carbocycles. The highest BCUT2D eigenvalue weighted by molar-refractivity contribution is 6.22. The largest absolute Gasteiger partial charge is 0.310 e. The first-order valence-electron chi connectivity index (χ1n) is 19.7. The Kier molecular flexibility index (Phi) is 7.89. The van der Waals surface area contributed by atoms with Crippen LogP contribution in [-0.4, -0.2) is 0 Å². The molecule has 0 saturated heterocycles. The third-order valence-electron chi connectivity index (χ3n) is 11.6. The molecule has 1 heteroatoms. The van der Waals surface area contributed by atoms with Crippen LogP contribution in [0.1, 0.15) is 0 Å². The predicted octanol–water partition coefficient (Wildman–Crippen LogP) is 15.9. The predicted molar refractivity (Wildman–Crippen MR) is 245 cm³/mol. The van der Waals surface area contributed by atoms with E-state index in [4.69, 9.17) is 0 Å². The fraction of sp³-hybridized carbons (Fsp3) is 0. The maximum atomic E-state index is 2.42. The van der Waals surface area contributed by atoms with Gasteiger partial charge in [-0.15, -0.1) is 0 Å². The maximum absolute atomic E-state index is 2.42. The van der Waals surface area contributed by atoms with Gasteiger partial charge in [0.1, 0.15) is 0 Å². The van der Waals surface area contributed by atoms with E-state index in [0.717, 1.165) is 17.1 Å². The van der Waals surface area contributed by atoms with Crippen LogP contribution in [0.4, 0.5) is 17.1 Å². The van der Waals surface area contributed by atoms with Crippen molar-refractivity contribution in [3.63, 3.8) is 0 Å². The highest BCUT2D eigenvalue weighted by Gasteiger charge is 2.19. The molecule has 0 amide bonds. The van der Waals surface area contributed by atoms with Crippen LogP contribution < -0.4 is 4.90 Å². The first-order chi connectivity index (χ1) is 28.3. The number of para-hydroxylation sites is 1. The van der Waals surface area contributed by atoms with Gasteiger partial charge in [0.2, 0.25) is 0 Å². The molecule has 0 fully saturated rings. The summed E-state index contributed by atoms with van der Waals surface area (Å²) in [5, 5.41) is 12.7. The van der Waals surface area contributed by atoms with Gasteiger partial charge in [0.05, 0.1) is 5.69 Å². The summed E-state index contributed by atoms with van der Waals surface area (Å²) in [7, 11) is 0. The number of benzene rings is 11. The van der Waals surface area contributed by atoms with E-state index in [9.17, 15) is 0 Å². The number of nitrogens with zero attached hydrogens (tertiary/aromatic N) is 1. The summed E-state index contributed by atoms with van der Waals surface area (Å²) < 4.78 is 0. The van der Waals surface area contributed by atoms with Gasteiger partial charge in [0.25, 0.3) is 0 Å². The summed E-state index contributed by atoms with van der Waals surface area (Å²) in [5.74, 6) is 0. The van der Waals surface area contributed by atoms with Gasteiger partial charge in [0, 0.05) is 16.9 Å². The minimum Gasteiger partial charge on any atom is -0.310 e. The van der Waals surface area contributed by atoms with Crippen molar-refractivity contribution in [1.29, 1.82) is 0 Å². The van der Waals surface area contributed by atoms with Crippen molar-refractivity contribution in [3.8, 4) is 33.4 Å². The normalized spacial score (nSPS) is 11.5. The van der Waals surface area contributed by atoms with Gasteiger partial charge in [0.15, 0.2) is 0 Å². The van der Waals surface area contributed by atoms with Crippen molar-refractivity contribution in [1.82, 2.24) is 0 Å². The fourth-order valence-electron chi connectivity index (χ4n) is 8.88. The molecule has 0 N–H and O–H groups in total. The molecule has 0 radical (unpaired) electrons. The topological polar surface area (TPSA) is 3.24 Å². The molecule has 11 aromatic carbocycles. The molecule has 0 bridgehead atoms. The van der Waals surface area contributed by atoms with E-state index >= 15 is 0 Å². The van der Waals surface area contributed by atoms with Crippen LogP contribution in [0.2, 0.25) is 0 Å². The van der Waals surface area contributed by atoms with Crippen LogP contribution >= 0.6 is 0 Å². The molecule has 0 atom stereocenters. The molecule has 0 saturated carbocycles. The SMILES string of the molecule is c1ccc(-c2ccccc2N(c2cccc(-c3ccc(-c4cccc5c4ccc4ccc6ccccc6c45)cc3)c2)c2ccc3c(ccc4ccccc43)c2)cc1. The van der Waals surface area contributed by atoms with Crippen LogP contribution in [0.15, 0.2) is 224 Å². The second kappa shape index (κ2) is 13.7. The summed E-state index contributed by atoms with van der Waals surface area (Å²) in [5.41, 5.74) is 10.5. The minimum absolute atomic E-state index is 1.10. The molecule has 0 spiro atoms. The number of hydrogen-bond donors (Lipinski definition) is 0. The molecule has 57 heavy (non-hydrogen) atoms. The Bertz CT molecular complexity index is 3290. The van der Waals surface area contributed by atoms with E-state index in [1.807, 2.05) is 0 Å². The average Bonchev–Trinajstić information content (AvgIpc) is 3.29. The van der Waals surface area contributed by atoms with Crippen LogP contribution in [0, 0.1) is 0 Å². The van der Waals surface area contributed by atoms with Crippen LogP contribution in [0.3, 0.4) is 0 Å². The first kappa shape index (κ1) is 32.9. The third-order valence-corrected chi connectivity index (χ3v) is 11.6. The van der Waals surface area contributed by atoms with E-state index in [0.29, 0.717) is 0 Å². The highest BCUT2D eigenvalue weighted by Crippen LogP contribution is 2.43. The molecule has 11 rings (SSSR count). The lowest BCUT2D eigenvalue weighted by Crippen LogP contribution is -2.11. The van der Waals surface area contributed by atoms with Crippen LogP contribution in [-0.2, 0) is 0 Å². The standard InChI is InChI=1S/C56H37N/c1-2-12-39(13-3-1)51-19-8-9-23-55(51)57(47-33-35-50-45(37-47)31-29-40-14-4-6-18-48(40)50)46-17-10-16-44(36-46)38-24-26-42(27-25-38)49-21-11-22-54-53(49)34-32-43-30-28-41-15-5-7-20-52(41)56(43)54/h1-37H. The molecule has 11 aromatic rings. The number of rotatable bonds is 6. The molecule has 1 nitrogen and oxygen atoms in total. The van der Waals surface area contributed by atoms with E-state index in [1.54, 1.807) is 0 Å². The van der Waals surface area contributed by atoms with Gasteiger partial charge in [-0.25, -0.2) is 0 Å². The van der Waals surface area contributed by atoms with Crippen LogP contribution in [0.25, 0.3) is 87.2 Å². The van der Waals surface area contributed by atoms with Gasteiger partial charge < -0.3 is 4.90 Å². The first-order valence-corrected chi connectivity index (χ1v) is 19.7. The Morgan fingerprint density at radius 3 is 1.65 bits per heavy atom. The Labute approximate surface area is 332 Å². The maximum Gasteiger partial charge on any atom is 0.0540 e. The zero-order chi connectivity index (χ0) is 37.7. The molecule has 0 aliphatic heterocycles. The van der Waals surface area contributed by atoms with Gasteiger partial charge >= 0.3 is 0 Å². The summed E-state index contributed by atoms with van der Waals surface area (Å²) in [6.07, 6.45) is 0. The van der Waals surface area contributed by atoms with Crippen LogP contribution in [0.5, 0.6) is 0 Å². The van der Waals surface area contributed by atoms with Crippen molar-refractivity contribution >= 4 is 70.9 Å². The second-order valence-electron chi connectivity index (χ2n) is 14.9. The van der Waals surface area contributed by atoms with Crippen molar-refractivity contribution in [3.05, 3.63) is 224 Å². The minimum atomic E-state index is 1.10. The lowest BCUT2D eigenvalue weighted by Gasteiger charge is -2.28. The highest BCUT2D eigenvalue weighted by atomic mass is 15.1. The fourth-order valence-corrected chi connectivity index (χ4v) is 8.88. The molecular weight excluding hydrogens is 687 g/mol. The summed E-state index contributed by atoms with van der Waals surface area (Å²) in [4.78, 5) is 2.42. The molecule has 0 aromatic heterocycles. The van der Waals surface area contributed by atoms with Crippen molar-refractivity contribution in [2.75, 3.05) is 4.90 Å². The van der Waals surface area contributed by atoms with Crippen molar-refractivity contribution < 1.29 is 0 Å². The monoisotopic (exact) mass is 723 g/mol. The van der Waals surface area contributed by atoms with Crippen molar-refractivity contribution in [2.45, 2.75) is 0 Å². The smallest absolute Gasteiger partial charge is 0.0540 e. The summed E-state index contributed by atoms with van der Waals surface area (Å²) >= 11 is 0. The van der Waals surface area contributed by atoms with E-state index in [-0.39, 0.29) is 0 Å².